The SMILES string of the molecule is N#CCCN1C(=O)C(O)=CNC1c1ccccn1. The summed E-state index contributed by atoms with van der Waals surface area (Å²) < 4.78 is 0. The van der Waals surface area contributed by atoms with Gasteiger partial charge in [0.15, 0.2) is 5.76 Å². The zero-order chi connectivity index (χ0) is 13.0. The first-order valence-electron chi connectivity index (χ1n) is 5.48. The van der Waals surface area contributed by atoms with Crippen LogP contribution in [0.4, 0.5) is 0 Å². The number of rotatable bonds is 3. The van der Waals surface area contributed by atoms with E-state index >= 15 is 0 Å². The lowest BCUT2D eigenvalue weighted by molar-refractivity contribution is -0.134. The quantitative estimate of drug-likeness (QED) is 0.821. The first-order valence-corrected chi connectivity index (χ1v) is 5.48. The first kappa shape index (κ1) is 11.9. The number of aromatic nitrogens is 1. The molecule has 0 saturated heterocycles. The molecular formula is C12H12N4O2. The van der Waals surface area contributed by atoms with Crippen molar-refractivity contribution in [2.75, 3.05) is 6.54 Å². The van der Waals surface area contributed by atoms with Crippen molar-refractivity contribution in [3.05, 3.63) is 42.0 Å². The maximum absolute atomic E-state index is 11.8. The molecule has 1 aromatic heterocycles. The average molecular weight is 244 g/mol. The van der Waals surface area contributed by atoms with Crippen LogP contribution in [-0.2, 0) is 4.79 Å². The Bertz CT molecular complexity index is 507. The predicted octanol–water partition coefficient (Wildman–Crippen LogP) is 0.825. The van der Waals surface area contributed by atoms with Crippen LogP contribution in [0.3, 0.4) is 0 Å². The number of pyridine rings is 1. The summed E-state index contributed by atoms with van der Waals surface area (Å²) in [5.41, 5.74) is 0.660. The molecule has 1 aliphatic heterocycles. The fourth-order valence-electron chi connectivity index (χ4n) is 1.76. The number of amides is 1. The zero-order valence-corrected chi connectivity index (χ0v) is 9.58. The van der Waals surface area contributed by atoms with E-state index in [9.17, 15) is 9.90 Å². The van der Waals surface area contributed by atoms with Crippen LogP contribution in [0.5, 0.6) is 0 Å². The third-order valence-corrected chi connectivity index (χ3v) is 2.60. The third kappa shape index (κ3) is 2.25. The molecule has 0 radical (unpaired) electrons. The Labute approximate surface area is 104 Å². The largest absolute Gasteiger partial charge is 0.502 e. The minimum absolute atomic E-state index is 0.198. The van der Waals surface area contributed by atoms with E-state index in [-0.39, 0.29) is 18.7 Å². The van der Waals surface area contributed by atoms with Crippen molar-refractivity contribution < 1.29 is 9.90 Å². The highest BCUT2D eigenvalue weighted by atomic mass is 16.3. The molecule has 0 spiro atoms. The third-order valence-electron chi connectivity index (χ3n) is 2.60. The summed E-state index contributed by atoms with van der Waals surface area (Å²) in [5, 5.41) is 20.9. The standard InChI is InChI=1S/C12H12N4O2/c13-5-3-7-16-11(9-4-1-2-6-14-9)15-8-10(17)12(16)18/h1-2,4,6,8,11,15,17H,3,7H2. The Hall–Kier alpha value is -2.55. The Morgan fingerprint density at radius 2 is 2.39 bits per heavy atom. The Kier molecular flexibility index (Phi) is 3.44. The number of hydrogen-bond donors (Lipinski definition) is 2. The van der Waals surface area contributed by atoms with Gasteiger partial charge in [-0.1, -0.05) is 6.07 Å². The van der Waals surface area contributed by atoms with Crippen molar-refractivity contribution in [2.24, 2.45) is 0 Å². The Balaban J connectivity index is 2.28. The van der Waals surface area contributed by atoms with E-state index in [1.165, 1.54) is 11.1 Å². The number of carbonyl (C=O) groups excluding carboxylic acids is 1. The summed E-state index contributed by atoms with van der Waals surface area (Å²) in [7, 11) is 0. The summed E-state index contributed by atoms with van der Waals surface area (Å²) in [5.74, 6) is -0.861. The van der Waals surface area contributed by atoms with E-state index < -0.39 is 12.1 Å². The number of aliphatic hydroxyl groups excluding tert-OH is 1. The second kappa shape index (κ2) is 5.19. The molecule has 2 N–H and O–H groups in total. The number of nitrogens with one attached hydrogen (secondary N) is 1. The van der Waals surface area contributed by atoms with Crippen molar-refractivity contribution in [2.45, 2.75) is 12.6 Å². The van der Waals surface area contributed by atoms with Gasteiger partial charge in [-0.3, -0.25) is 9.78 Å². The van der Waals surface area contributed by atoms with Crippen molar-refractivity contribution in [1.82, 2.24) is 15.2 Å². The van der Waals surface area contributed by atoms with Gasteiger partial charge in [0.05, 0.1) is 18.2 Å². The molecule has 1 aliphatic rings. The number of hydrogen-bond acceptors (Lipinski definition) is 5. The van der Waals surface area contributed by atoms with Crippen LogP contribution in [0.2, 0.25) is 0 Å². The van der Waals surface area contributed by atoms with Crippen LogP contribution >= 0.6 is 0 Å². The lowest BCUT2D eigenvalue weighted by Crippen LogP contribution is -2.46. The van der Waals surface area contributed by atoms with Gasteiger partial charge in [0.25, 0.3) is 5.91 Å². The van der Waals surface area contributed by atoms with Crippen LogP contribution in [0.1, 0.15) is 18.3 Å². The van der Waals surface area contributed by atoms with Crippen molar-refractivity contribution in [3.63, 3.8) is 0 Å². The monoisotopic (exact) mass is 244 g/mol. The maximum Gasteiger partial charge on any atom is 0.292 e. The average Bonchev–Trinajstić information content (AvgIpc) is 2.41. The van der Waals surface area contributed by atoms with Crippen LogP contribution < -0.4 is 5.32 Å². The number of nitrogens with zero attached hydrogens (tertiary/aromatic N) is 3. The van der Waals surface area contributed by atoms with E-state index in [1.54, 1.807) is 18.3 Å². The minimum Gasteiger partial charge on any atom is -0.502 e. The molecule has 0 saturated carbocycles. The van der Waals surface area contributed by atoms with Gasteiger partial charge >= 0.3 is 0 Å². The molecule has 0 aliphatic carbocycles. The van der Waals surface area contributed by atoms with Crippen LogP contribution in [-0.4, -0.2) is 27.4 Å². The molecule has 1 unspecified atom stereocenters. The molecule has 92 valence electrons. The van der Waals surface area contributed by atoms with Gasteiger partial charge in [0, 0.05) is 18.9 Å². The molecule has 0 fully saturated rings. The van der Waals surface area contributed by atoms with Gasteiger partial charge in [0.1, 0.15) is 6.17 Å². The van der Waals surface area contributed by atoms with E-state index in [4.69, 9.17) is 5.26 Å². The summed E-state index contributed by atoms with van der Waals surface area (Å²) >= 11 is 0. The normalized spacial score (nSPS) is 18.8. The number of nitriles is 1. The lowest BCUT2D eigenvalue weighted by atomic mass is 10.2. The molecule has 0 bridgehead atoms. The molecule has 1 amide bonds. The van der Waals surface area contributed by atoms with Crippen molar-refractivity contribution in [3.8, 4) is 6.07 Å². The summed E-state index contributed by atoms with van der Waals surface area (Å²) in [6.45, 7) is 0.238. The van der Waals surface area contributed by atoms with Gasteiger partial charge < -0.3 is 15.3 Å². The fraction of sp³-hybridized carbons (Fsp3) is 0.250. The van der Waals surface area contributed by atoms with Crippen LogP contribution in [0.15, 0.2) is 36.4 Å². The predicted molar refractivity (Wildman–Crippen MR) is 62.8 cm³/mol. The summed E-state index contributed by atoms with van der Waals surface area (Å²) in [6, 6.07) is 7.35. The molecule has 6 nitrogen and oxygen atoms in total. The molecule has 2 rings (SSSR count). The van der Waals surface area contributed by atoms with E-state index in [0.29, 0.717) is 5.69 Å². The van der Waals surface area contributed by atoms with E-state index in [0.717, 1.165) is 0 Å². The highest BCUT2D eigenvalue weighted by molar-refractivity contribution is 5.92. The number of carbonyl (C=O) groups is 1. The van der Waals surface area contributed by atoms with Crippen molar-refractivity contribution >= 4 is 5.91 Å². The minimum atomic E-state index is -0.500. The van der Waals surface area contributed by atoms with Gasteiger partial charge in [-0.2, -0.15) is 5.26 Å². The van der Waals surface area contributed by atoms with E-state index in [1.807, 2.05) is 12.1 Å². The Morgan fingerprint density at radius 3 is 3.06 bits per heavy atom. The highest BCUT2D eigenvalue weighted by Gasteiger charge is 2.31. The lowest BCUT2D eigenvalue weighted by Gasteiger charge is -2.33. The fourth-order valence-corrected chi connectivity index (χ4v) is 1.76. The molecule has 6 heteroatoms. The molecule has 1 atom stereocenters. The van der Waals surface area contributed by atoms with Crippen molar-refractivity contribution in [1.29, 1.82) is 5.26 Å². The second-order valence-corrected chi connectivity index (χ2v) is 3.76. The first-order chi connectivity index (χ1) is 8.74. The molecule has 1 aromatic rings. The second-order valence-electron chi connectivity index (χ2n) is 3.76. The van der Waals surface area contributed by atoms with Gasteiger partial charge in [-0.15, -0.1) is 0 Å². The Morgan fingerprint density at radius 1 is 1.56 bits per heavy atom. The van der Waals surface area contributed by atoms with Crippen LogP contribution in [0.25, 0.3) is 0 Å². The smallest absolute Gasteiger partial charge is 0.292 e. The molecule has 2 heterocycles. The van der Waals surface area contributed by atoms with Gasteiger partial charge in [-0.25, -0.2) is 0 Å². The topological polar surface area (TPSA) is 89.2 Å². The van der Waals surface area contributed by atoms with Gasteiger partial charge in [0.2, 0.25) is 0 Å². The number of aliphatic hydroxyl groups is 1. The van der Waals surface area contributed by atoms with Gasteiger partial charge in [-0.05, 0) is 12.1 Å². The summed E-state index contributed by atoms with van der Waals surface area (Å²) in [4.78, 5) is 17.4. The summed E-state index contributed by atoms with van der Waals surface area (Å²) in [6.07, 6.45) is 2.62. The molecule has 0 aromatic carbocycles. The molecular weight excluding hydrogens is 232 g/mol. The highest BCUT2D eigenvalue weighted by Crippen LogP contribution is 2.21. The van der Waals surface area contributed by atoms with Crippen LogP contribution in [0, 0.1) is 11.3 Å². The maximum atomic E-state index is 11.8. The van der Waals surface area contributed by atoms with E-state index in [2.05, 4.69) is 10.3 Å². The molecule has 18 heavy (non-hydrogen) atoms. The zero-order valence-electron chi connectivity index (χ0n) is 9.58.